The van der Waals surface area contributed by atoms with Gasteiger partial charge in [0.15, 0.2) is 11.4 Å². The molecule has 0 spiro atoms. The van der Waals surface area contributed by atoms with E-state index in [0.29, 0.717) is 12.8 Å². The molecule has 184 valence electrons. The van der Waals surface area contributed by atoms with E-state index in [9.17, 15) is 24.6 Å². The van der Waals surface area contributed by atoms with E-state index in [4.69, 9.17) is 4.74 Å². The molecule has 6 nitrogen and oxygen atoms in total. The number of allylic oxidation sites excluding steroid dienone is 5. The molecule has 0 saturated heterocycles. The highest BCUT2D eigenvalue weighted by Gasteiger charge is 2.67. The SMILES string of the molecule is C[C@]12C=CC(=O)C=C1CCC1=C2C(O)C[C@@]2(C)[C@H]1CC[C@]2(OC(=O)C1CCCCC1)C(=O)CO. The van der Waals surface area contributed by atoms with Crippen molar-refractivity contribution in [3.8, 4) is 0 Å². The molecule has 0 radical (unpaired) electrons. The molecule has 5 aliphatic carbocycles. The second-order valence-corrected chi connectivity index (χ2v) is 11.4. The highest BCUT2D eigenvalue weighted by Crippen LogP contribution is 2.65. The maximum absolute atomic E-state index is 13.3. The van der Waals surface area contributed by atoms with Gasteiger partial charge in [-0.3, -0.25) is 14.4 Å². The maximum atomic E-state index is 13.3. The molecule has 2 N–H and O–H groups in total. The summed E-state index contributed by atoms with van der Waals surface area (Å²) in [7, 11) is 0. The molecule has 0 aromatic rings. The third-order valence-electron chi connectivity index (χ3n) is 9.79. The van der Waals surface area contributed by atoms with Crippen LogP contribution in [-0.4, -0.2) is 46.1 Å². The topological polar surface area (TPSA) is 101 Å². The van der Waals surface area contributed by atoms with Gasteiger partial charge in [0.25, 0.3) is 0 Å². The summed E-state index contributed by atoms with van der Waals surface area (Å²) in [6.07, 6.45) is 11.8. The molecular weight excluding hydrogens is 432 g/mol. The van der Waals surface area contributed by atoms with Gasteiger partial charge in [-0.1, -0.05) is 43.4 Å². The van der Waals surface area contributed by atoms with E-state index in [-0.39, 0.29) is 30.0 Å². The molecular formula is C28H36O6. The van der Waals surface area contributed by atoms with Crippen molar-refractivity contribution in [2.45, 2.75) is 89.8 Å². The van der Waals surface area contributed by atoms with Crippen molar-refractivity contribution in [2.24, 2.45) is 22.7 Å². The number of hydrogen-bond donors (Lipinski definition) is 2. The Morgan fingerprint density at radius 3 is 2.56 bits per heavy atom. The molecule has 34 heavy (non-hydrogen) atoms. The first-order valence-corrected chi connectivity index (χ1v) is 12.9. The number of fused-ring (bicyclic) bond motifs is 4. The average molecular weight is 469 g/mol. The van der Waals surface area contributed by atoms with Gasteiger partial charge in [-0.2, -0.15) is 0 Å². The molecule has 1 unspecified atom stereocenters. The predicted molar refractivity (Wildman–Crippen MR) is 126 cm³/mol. The summed E-state index contributed by atoms with van der Waals surface area (Å²) in [4.78, 5) is 38.6. The quantitative estimate of drug-likeness (QED) is 0.481. The van der Waals surface area contributed by atoms with Gasteiger partial charge in [0.05, 0.1) is 12.0 Å². The minimum absolute atomic E-state index is 0.0188. The fraction of sp³-hybridized carbons (Fsp3) is 0.679. The van der Waals surface area contributed by atoms with Crippen LogP contribution in [0.3, 0.4) is 0 Å². The van der Waals surface area contributed by atoms with E-state index in [0.717, 1.165) is 61.7 Å². The zero-order chi connectivity index (χ0) is 24.3. The number of carbonyl (C=O) groups excluding carboxylic acids is 3. The molecule has 5 rings (SSSR count). The molecule has 0 heterocycles. The second-order valence-electron chi connectivity index (χ2n) is 11.4. The van der Waals surface area contributed by atoms with Crippen molar-refractivity contribution in [1.29, 1.82) is 0 Å². The third-order valence-corrected chi connectivity index (χ3v) is 9.79. The molecule has 0 aliphatic heterocycles. The molecule has 0 aromatic heterocycles. The van der Waals surface area contributed by atoms with E-state index in [1.807, 2.05) is 13.0 Å². The van der Waals surface area contributed by atoms with Crippen LogP contribution in [0.25, 0.3) is 0 Å². The summed E-state index contributed by atoms with van der Waals surface area (Å²) in [5.41, 5.74) is 0.397. The lowest BCUT2D eigenvalue weighted by atomic mass is 9.52. The molecule has 5 atom stereocenters. The third kappa shape index (κ3) is 3.25. The summed E-state index contributed by atoms with van der Waals surface area (Å²) in [5, 5.41) is 21.5. The van der Waals surface area contributed by atoms with E-state index >= 15 is 0 Å². The highest BCUT2D eigenvalue weighted by atomic mass is 16.6. The van der Waals surface area contributed by atoms with Crippen molar-refractivity contribution < 1.29 is 29.3 Å². The van der Waals surface area contributed by atoms with Gasteiger partial charge in [-0.15, -0.1) is 0 Å². The Balaban J connectivity index is 1.55. The summed E-state index contributed by atoms with van der Waals surface area (Å²) in [6, 6.07) is 0. The summed E-state index contributed by atoms with van der Waals surface area (Å²) >= 11 is 0. The van der Waals surface area contributed by atoms with Crippen LogP contribution in [0.1, 0.15) is 78.1 Å². The number of esters is 1. The van der Waals surface area contributed by atoms with Gasteiger partial charge in [-0.25, -0.2) is 0 Å². The maximum Gasteiger partial charge on any atom is 0.309 e. The monoisotopic (exact) mass is 468 g/mol. The summed E-state index contributed by atoms with van der Waals surface area (Å²) in [6.45, 7) is 3.34. The molecule has 0 bridgehead atoms. The lowest BCUT2D eigenvalue weighted by Gasteiger charge is -2.54. The van der Waals surface area contributed by atoms with Gasteiger partial charge in [0.1, 0.15) is 6.61 Å². The Labute approximate surface area is 201 Å². The summed E-state index contributed by atoms with van der Waals surface area (Å²) in [5.74, 6) is -1.02. The smallest absolute Gasteiger partial charge is 0.309 e. The first kappa shape index (κ1) is 23.7. The molecule has 5 aliphatic rings. The molecule has 2 saturated carbocycles. The van der Waals surface area contributed by atoms with E-state index in [2.05, 4.69) is 6.92 Å². The van der Waals surface area contributed by atoms with Crippen LogP contribution in [-0.2, 0) is 19.1 Å². The van der Waals surface area contributed by atoms with Crippen LogP contribution in [0.4, 0.5) is 0 Å². The van der Waals surface area contributed by atoms with Gasteiger partial charge in [-0.05, 0) is 75.5 Å². The minimum Gasteiger partial charge on any atom is -0.450 e. The minimum atomic E-state index is -1.42. The van der Waals surface area contributed by atoms with E-state index in [1.54, 1.807) is 12.2 Å². The van der Waals surface area contributed by atoms with Crippen LogP contribution in [0.5, 0.6) is 0 Å². The number of aliphatic hydroxyl groups excluding tert-OH is 2. The summed E-state index contributed by atoms with van der Waals surface area (Å²) < 4.78 is 6.19. The second kappa shape index (κ2) is 8.27. The largest absolute Gasteiger partial charge is 0.450 e. The fourth-order valence-electron chi connectivity index (χ4n) is 7.99. The van der Waals surface area contributed by atoms with Crippen LogP contribution >= 0.6 is 0 Å². The normalized spacial score (nSPS) is 39.8. The Kier molecular flexibility index (Phi) is 5.76. The number of aliphatic hydroxyl groups is 2. The average Bonchev–Trinajstić information content (AvgIpc) is 3.11. The lowest BCUT2D eigenvalue weighted by Crippen LogP contribution is -2.59. The fourth-order valence-corrected chi connectivity index (χ4v) is 7.99. The van der Waals surface area contributed by atoms with Crippen LogP contribution in [0, 0.1) is 22.7 Å². The van der Waals surface area contributed by atoms with E-state index < -0.39 is 34.9 Å². The van der Waals surface area contributed by atoms with Crippen LogP contribution in [0.15, 0.2) is 34.9 Å². The van der Waals surface area contributed by atoms with Crippen LogP contribution < -0.4 is 0 Å². The van der Waals surface area contributed by atoms with Crippen molar-refractivity contribution in [1.82, 2.24) is 0 Å². The van der Waals surface area contributed by atoms with Gasteiger partial charge in [0.2, 0.25) is 5.78 Å². The van der Waals surface area contributed by atoms with Gasteiger partial charge < -0.3 is 14.9 Å². The standard InChI is InChI=1S/C28H36O6/c1-26-12-10-19(30)14-18(26)8-9-20-21-11-13-28(23(32)16-29,27(21,2)15-22(31)24(20)26)34-25(33)17-6-4-3-5-7-17/h10,12,14,17,21-22,29,31H,3-9,11,13,15-16H2,1-2H3/t21-,22?,26-,27-,28-/m0/s1. The Hall–Kier alpha value is -2.05. The molecule has 6 heteroatoms. The number of Topliss-reactive ketones (excluding diaryl/α,β-unsaturated/α-hetero) is 1. The van der Waals surface area contributed by atoms with Crippen molar-refractivity contribution >= 4 is 17.5 Å². The number of hydrogen-bond acceptors (Lipinski definition) is 6. The zero-order valence-electron chi connectivity index (χ0n) is 20.3. The predicted octanol–water partition coefficient (Wildman–Crippen LogP) is 3.75. The molecule has 0 amide bonds. The zero-order valence-corrected chi connectivity index (χ0v) is 20.3. The number of ketones is 2. The van der Waals surface area contributed by atoms with E-state index in [1.165, 1.54) is 0 Å². The Bertz CT molecular complexity index is 1010. The van der Waals surface area contributed by atoms with Crippen LogP contribution in [0.2, 0.25) is 0 Å². The highest BCUT2D eigenvalue weighted by molar-refractivity contribution is 6.01. The molecule has 0 aromatic carbocycles. The van der Waals surface area contributed by atoms with Crippen molar-refractivity contribution in [3.05, 3.63) is 34.9 Å². The van der Waals surface area contributed by atoms with Gasteiger partial charge in [0, 0.05) is 10.8 Å². The first-order valence-electron chi connectivity index (χ1n) is 12.9. The van der Waals surface area contributed by atoms with Crippen molar-refractivity contribution in [3.63, 3.8) is 0 Å². The van der Waals surface area contributed by atoms with Gasteiger partial charge >= 0.3 is 5.97 Å². The first-order chi connectivity index (χ1) is 16.2. The van der Waals surface area contributed by atoms with Crippen molar-refractivity contribution in [2.75, 3.05) is 6.61 Å². The number of rotatable bonds is 4. The number of ether oxygens (including phenoxy) is 1. The Morgan fingerprint density at radius 2 is 1.85 bits per heavy atom. The number of carbonyl (C=O) groups is 3. The Morgan fingerprint density at radius 1 is 1.12 bits per heavy atom. The lowest BCUT2D eigenvalue weighted by molar-refractivity contribution is -0.190. The molecule has 2 fully saturated rings.